The fraction of sp³-hybridized carbons (Fsp3) is 0.364. The van der Waals surface area contributed by atoms with Gasteiger partial charge in [0.1, 0.15) is 0 Å². The van der Waals surface area contributed by atoms with Crippen LogP contribution in [-0.2, 0) is 28.8 Å². The molecule has 19 heavy (non-hydrogen) atoms. The van der Waals surface area contributed by atoms with Gasteiger partial charge in [0.15, 0.2) is 0 Å². The Morgan fingerprint density at radius 1 is 1.21 bits per heavy atom. The maximum absolute atomic E-state index is 11.5. The lowest BCUT2D eigenvalue weighted by Crippen LogP contribution is -2.32. The Bertz CT molecular complexity index is 519. The van der Waals surface area contributed by atoms with E-state index in [-0.39, 0.29) is 18.4 Å². The molecule has 0 aromatic heterocycles. The normalized spacial score (nSPS) is 19.3. The number of carbonyl (C=O) groups is 5. The summed E-state index contributed by atoms with van der Waals surface area (Å²) in [5, 5.41) is 0.397. The van der Waals surface area contributed by atoms with E-state index in [2.05, 4.69) is 4.84 Å². The van der Waals surface area contributed by atoms with Crippen molar-refractivity contribution < 1.29 is 28.8 Å². The van der Waals surface area contributed by atoms with Crippen LogP contribution in [0, 0.1) is 0 Å². The van der Waals surface area contributed by atoms with Crippen LogP contribution in [0.5, 0.6) is 0 Å². The molecule has 100 valence electrons. The quantitative estimate of drug-likeness (QED) is 0.601. The second kappa shape index (κ2) is 4.63. The van der Waals surface area contributed by atoms with Crippen LogP contribution in [0.3, 0.4) is 0 Å². The molecular weight excluding hydrogens is 256 g/mol. The molecular formula is C11H10N2O6. The van der Waals surface area contributed by atoms with Gasteiger partial charge < -0.3 is 4.84 Å². The molecule has 0 saturated carbocycles. The standard InChI is InChI=1S/C11H10N2O6/c1-12-9(16)4-6(11(12)18)5-10(17)19-13-7(14)2-3-8(13)15/h4H,2-3,5H2,1H3. The highest BCUT2D eigenvalue weighted by Crippen LogP contribution is 2.17. The van der Waals surface area contributed by atoms with Crippen molar-refractivity contribution in [2.45, 2.75) is 19.3 Å². The van der Waals surface area contributed by atoms with Gasteiger partial charge >= 0.3 is 5.97 Å². The van der Waals surface area contributed by atoms with Gasteiger partial charge in [0.05, 0.1) is 6.42 Å². The molecule has 0 atom stereocenters. The monoisotopic (exact) mass is 266 g/mol. The third kappa shape index (κ3) is 2.37. The van der Waals surface area contributed by atoms with E-state index in [1.165, 1.54) is 7.05 Å². The molecule has 0 aliphatic carbocycles. The van der Waals surface area contributed by atoms with E-state index >= 15 is 0 Å². The van der Waals surface area contributed by atoms with E-state index in [1.54, 1.807) is 0 Å². The van der Waals surface area contributed by atoms with E-state index in [9.17, 15) is 24.0 Å². The van der Waals surface area contributed by atoms with Crippen LogP contribution in [0.1, 0.15) is 19.3 Å². The molecule has 0 bridgehead atoms. The Balaban J connectivity index is 1.98. The van der Waals surface area contributed by atoms with Crippen LogP contribution < -0.4 is 0 Å². The molecule has 2 aliphatic rings. The minimum Gasteiger partial charge on any atom is -0.330 e. The van der Waals surface area contributed by atoms with E-state index in [0.29, 0.717) is 5.06 Å². The van der Waals surface area contributed by atoms with E-state index in [1.807, 2.05) is 0 Å². The highest BCUT2D eigenvalue weighted by molar-refractivity contribution is 6.17. The Morgan fingerprint density at radius 3 is 2.26 bits per heavy atom. The van der Waals surface area contributed by atoms with Gasteiger partial charge in [0.2, 0.25) is 0 Å². The van der Waals surface area contributed by atoms with Crippen LogP contribution in [0.25, 0.3) is 0 Å². The molecule has 4 amide bonds. The van der Waals surface area contributed by atoms with Crippen molar-refractivity contribution in [3.05, 3.63) is 11.6 Å². The smallest absolute Gasteiger partial charge is 0.330 e. The van der Waals surface area contributed by atoms with Crippen LogP contribution in [0.15, 0.2) is 11.6 Å². The van der Waals surface area contributed by atoms with E-state index in [0.717, 1.165) is 11.0 Å². The van der Waals surface area contributed by atoms with Gasteiger partial charge in [-0.3, -0.25) is 24.1 Å². The average molecular weight is 266 g/mol. The summed E-state index contributed by atoms with van der Waals surface area (Å²) >= 11 is 0. The van der Waals surface area contributed by atoms with Gasteiger partial charge in [-0.05, 0) is 0 Å². The summed E-state index contributed by atoms with van der Waals surface area (Å²) in [6.45, 7) is 0. The first-order valence-electron chi connectivity index (χ1n) is 5.49. The Kier molecular flexibility index (Phi) is 3.16. The maximum Gasteiger partial charge on any atom is 0.337 e. The van der Waals surface area contributed by atoms with Crippen molar-refractivity contribution >= 4 is 29.6 Å². The highest BCUT2D eigenvalue weighted by atomic mass is 16.7. The summed E-state index contributed by atoms with van der Waals surface area (Å²) in [7, 11) is 1.28. The molecule has 0 unspecified atom stereocenters. The fourth-order valence-electron chi connectivity index (χ4n) is 1.70. The number of imide groups is 2. The lowest BCUT2D eigenvalue weighted by molar-refractivity contribution is -0.197. The van der Waals surface area contributed by atoms with Crippen molar-refractivity contribution in [3.63, 3.8) is 0 Å². The van der Waals surface area contributed by atoms with E-state index < -0.39 is 36.0 Å². The number of nitrogens with zero attached hydrogens (tertiary/aromatic N) is 2. The number of hydrogen-bond donors (Lipinski definition) is 0. The lowest BCUT2D eigenvalue weighted by atomic mass is 10.2. The zero-order valence-corrected chi connectivity index (χ0v) is 10.0. The number of likely N-dealkylation sites (N-methyl/N-ethyl adjacent to an activating group) is 1. The molecule has 1 fully saturated rings. The van der Waals surface area contributed by atoms with Crippen LogP contribution >= 0.6 is 0 Å². The molecule has 2 rings (SSSR count). The number of rotatable bonds is 3. The third-order valence-electron chi connectivity index (χ3n) is 2.74. The first kappa shape index (κ1) is 12.9. The van der Waals surface area contributed by atoms with Crippen molar-refractivity contribution in [3.8, 4) is 0 Å². The third-order valence-corrected chi connectivity index (χ3v) is 2.74. The molecule has 8 nitrogen and oxygen atoms in total. The fourth-order valence-corrected chi connectivity index (χ4v) is 1.70. The average Bonchev–Trinajstić information content (AvgIpc) is 2.78. The summed E-state index contributed by atoms with van der Waals surface area (Å²) in [4.78, 5) is 62.1. The Hall–Kier alpha value is -2.51. The summed E-state index contributed by atoms with van der Waals surface area (Å²) in [5.41, 5.74) is -0.0309. The van der Waals surface area contributed by atoms with Gasteiger partial charge in [0, 0.05) is 31.5 Å². The minimum atomic E-state index is -0.939. The van der Waals surface area contributed by atoms with Crippen LogP contribution in [0.2, 0.25) is 0 Å². The molecule has 0 radical (unpaired) electrons. The molecule has 2 aliphatic heterocycles. The predicted molar refractivity (Wildman–Crippen MR) is 57.7 cm³/mol. The second-order valence-corrected chi connectivity index (χ2v) is 4.09. The van der Waals surface area contributed by atoms with Crippen molar-refractivity contribution in [2.24, 2.45) is 0 Å². The van der Waals surface area contributed by atoms with Crippen molar-refractivity contribution in [2.75, 3.05) is 7.05 Å². The van der Waals surface area contributed by atoms with Gasteiger partial charge in [-0.1, -0.05) is 0 Å². The molecule has 8 heteroatoms. The summed E-state index contributed by atoms with van der Waals surface area (Å²) in [6.07, 6.45) is 0.549. The Morgan fingerprint density at radius 2 is 1.79 bits per heavy atom. The topological polar surface area (TPSA) is 101 Å². The number of hydroxylamine groups is 2. The summed E-state index contributed by atoms with van der Waals surface area (Å²) < 4.78 is 0. The predicted octanol–water partition coefficient (Wildman–Crippen LogP) is -1.09. The van der Waals surface area contributed by atoms with Crippen molar-refractivity contribution in [1.29, 1.82) is 0 Å². The summed E-state index contributed by atoms with van der Waals surface area (Å²) in [6, 6.07) is 0. The van der Waals surface area contributed by atoms with Crippen molar-refractivity contribution in [1.82, 2.24) is 9.96 Å². The molecule has 1 saturated heterocycles. The lowest BCUT2D eigenvalue weighted by Gasteiger charge is -2.12. The number of carbonyl (C=O) groups excluding carboxylic acids is 5. The molecule has 0 aromatic rings. The second-order valence-electron chi connectivity index (χ2n) is 4.09. The highest BCUT2D eigenvalue weighted by Gasteiger charge is 2.34. The largest absolute Gasteiger partial charge is 0.337 e. The van der Waals surface area contributed by atoms with Crippen LogP contribution in [0.4, 0.5) is 0 Å². The zero-order chi connectivity index (χ0) is 14.2. The molecule has 0 spiro atoms. The molecule has 0 N–H and O–H groups in total. The van der Waals surface area contributed by atoms with E-state index in [4.69, 9.17) is 0 Å². The van der Waals surface area contributed by atoms with Gasteiger partial charge in [-0.25, -0.2) is 4.79 Å². The molecule has 0 aromatic carbocycles. The first-order valence-corrected chi connectivity index (χ1v) is 5.49. The number of hydrogen-bond acceptors (Lipinski definition) is 6. The van der Waals surface area contributed by atoms with Gasteiger partial charge in [0.25, 0.3) is 23.6 Å². The molecule has 2 heterocycles. The van der Waals surface area contributed by atoms with Gasteiger partial charge in [-0.2, -0.15) is 0 Å². The van der Waals surface area contributed by atoms with Crippen LogP contribution in [-0.4, -0.2) is 46.6 Å². The minimum absolute atomic E-state index is 0.00500. The zero-order valence-electron chi connectivity index (χ0n) is 10.0. The SMILES string of the molecule is CN1C(=O)C=C(CC(=O)ON2C(=O)CCC2=O)C1=O. The number of amides is 4. The first-order chi connectivity index (χ1) is 8.90. The van der Waals surface area contributed by atoms with Gasteiger partial charge in [-0.15, -0.1) is 5.06 Å². The Labute approximate surface area is 107 Å². The maximum atomic E-state index is 11.5. The summed E-state index contributed by atoms with van der Waals surface area (Å²) in [5.74, 6) is -3.26.